The van der Waals surface area contributed by atoms with Gasteiger partial charge in [0, 0.05) is 5.56 Å². The molecule has 7 heteroatoms. The average molecular weight is 234 g/mol. The molecule has 1 aliphatic rings. The summed E-state index contributed by atoms with van der Waals surface area (Å²) in [6, 6.07) is -0.223. The van der Waals surface area contributed by atoms with Crippen LogP contribution in [-0.2, 0) is 17.4 Å². The van der Waals surface area contributed by atoms with Crippen LogP contribution < -0.4 is 0 Å². The Morgan fingerprint density at radius 1 is 1.56 bits per heavy atom. The topological polar surface area (TPSA) is 55.1 Å². The minimum absolute atomic E-state index is 0.223. The van der Waals surface area contributed by atoms with Crippen LogP contribution in [0.3, 0.4) is 0 Å². The zero-order chi connectivity index (χ0) is 11.9. The summed E-state index contributed by atoms with van der Waals surface area (Å²) in [5.74, 6) is -1.29. The van der Waals surface area contributed by atoms with Crippen molar-refractivity contribution in [1.29, 1.82) is 0 Å². The van der Waals surface area contributed by atoms with Gasteiger partial charge in [0.05, 0.1) is 18.7 Å². The largest absolute Gasteiger partial charge is 0.481 e. The Bertz CT molecular complexity index is 421. The first kappa shape index (κ1) is 11.0. The van der Waals surface area contributed by atoms with Crippen LogP contribution in [0.5, 0.6) is 0 Å². The summed E-state index contributed by atoms with van der Waals surface area (Å²) >= 11 is 0. The van der Waals surface area contributed by atoms with Gasteiger partial charge in [-0.1, -0.05) is 0 Å². The SMILES string of the molecule is O=C(O)Cc1cnn(C2CC2)c1C(F)(F)F. The highest BCUT2D eigenvalue weighted by atomic mass is 19.4. The van der Waals surface area contributed by atoms with Crippen LogP contribution in [-0.4, -0.2) is 20.9 Å². The lowest BCUT2D eigenvalue weighted by Gasteiger charge is -2.11. The number of hydrogen-bond acceptors (Lipinski definition) is 2. The monoisotopic (exact) mass is 234 g/mol. The van der Waals surface area contributed by atoms with Gasteiger partial charge in [-0.25, -0.2) is 0 Å². The summed E-state index contributed by atoms with van der Waals surface area (Å²) in [5.41, 5.74) is -1.19. The van der Waals surface area contributed by atoms with E-state index in [-0.39, 0.29) is 11.6 Å². The smallest absolute Gasteiger partial charge is 0.433 e. The van der Waals surface area contributed by atoms with Crippen molar-refractivity contribution < 1.29 is 23.1 Å². The highest BCUT2D eigenvalue weighted by Gasteiger charge is 2.42. The van der Waals surface area contributed by atoms with Crippen molar-refractivity contribution in [3.05, 3.63) is 17.5 Å². The Morgan fingerprint density at radius 2 is 2.19 bits per heavy atom. The zero-order valence-corrected chi connectivity index (χ0v) is 8.16. The summed E-state index contributed by atoms with van der Waals surface area (Å²) in [7, 11) is 0. The lowest BCUT2D eigenvalue weighted by Crippen LogP contribution is -2.17. The maximum Gasteiger partial charge on any atom is 0.433 e. The van der Waals surface area contributed by atoms with Gasteiger partial charge in [0.15, 0.2) is 0 Å². The van der Waals surface area contributed by atoms with Crippen molar-refractivity contribution in [2.45, 2.75) is 31.5 Å². The van der Waals surface area contributed by atoms with E-state index in [1.165, 1.54) is 0 Å². The van der Waals surface area contributed by atoms with Crippen molar-refractivity contribution >= 4 is 5.97 Å². The molecule has 1 aromatic rings. The zero-order valence-electron chi connectivity index (χ0n) is 8.16. The van der Waals surface area contributed by atoms with Crippen molar-refractivity contribution in [2.75, 3.05) is 0 Å². The first-order chi connectivity index (χ1) is 7.39. The van der Waals surface area contributed by atoms with Gasteiger partial charge in [-0.05, 0) is 12.8 Å². The number of hydrogen-bond donors (Lipinski definition) is 1. The summed E-state index contributed by atoms with van der Waals surface area (Å²) in [5, 5.41) is 12.1. The summed E-state index contributed by atoms with van der Waals surface area (Å²) < 4.78 is 39.1. The fourth-order valence-electron chi connectivity index (χ4n) is 1.60. The van der Waals surface area contributed by atoms with E-state index in [2.05, 4.69) is 5.10 Å². The molecule has 1 N–H and O–H groups in total. The number of aliphatic carboxylic acids is 1. The van der Waals surface area contributed by atoms with E-state index < -0.39 is 24.3 Å². The van der Waals surface area contributed by atoms with Crippen LogP contribution in [0.25, 0.3) is 0 Å². The van der Waals surface area contributed by atoms with Crippen LogP contribution in [0, 0.1) is 0 Å². The summed E-state index contributed by atoms with van der Waals surface area (Å²) in [6.07, 6.45) is -2.88. The third-order valence-corrected chi connectivity index (χ3v) is 2.37. The van der Waals surface area contributed by atoms with Gasteiger partial charge in [0.25, 0.3) is 0 Å². The number of nitrogens with zero attached hydrogens (tertiary/aromatic N) is 2. The number of halogens is 3. The molecule has 0 bridgehead atoms. The van der Waals surface area contributed by atoms with E-state index in [0.29, 0.717) is 12.8 Å². The Hall–Kier alpha value is -1.53. The summed E-state index contributed by atoms with van der Waals surface area (Å²) in [6.45, 7) is 0. The van der Waals surface area contributed by atoms with Crippen LogP contribution in [0.2, 0.25) is 0 Å². The van der Waals surface area contributed by atoms with Gasteiger partial charge in [0.2, 0.25) is 0 Å². The number of rotatable bonds is 3. The standard InChI is InChI=1S/C9H9F3N2O2/c10-9(11,12)8-5(3-7(15)16)4-13-14(8)6-1-2-6/h4,6H,1-3H2,(H,15,16). The first-order valence-electron chi connectivity index (χ1n) is 4.75. The van der Waals surface area contributed by atoms with Gasteiger partial charge < -0.3 is 5.11 Å². The normalized spacial score (nSPS) is 16.4. The van der Waals surface area contributed by atoms with Gasteiger partial charge in [-0.15, -0.1) is 0 Å². The molecule has 88 valence electrons. The van der Waals surface area contributed by atoms with Crippen LogP contribution >= 0.6 is 0 Å². The number of carboxylic acid groups (broad SMARTS) is 1. The fourth-order valence-corrected chi connectivity index (χ4v) is 1.60. The van der Waals surface area contributed by atoms with Gasteiger partial charge >= 0.3 is 12.1 Å². The molecule has 1 aromatic heterocycles. The molecule has 2 rings (SSSR count). The average Bonchev–Trinajstić information content (AvgIpc) is 2.86. The number of alkyl halides is 3. The minimum Gasteiger partial charge on any atom is -0.481 e. The second kappa shape index (κ2) is 3.50. The van der Waals surface area contributed by atoms with Crippen molar-refractivity contribution in [1.82, 2.24) is 9.78 Å². The van der Waals surface area contributed by atoms with Crippen molar-refractivity contribution in [3.8, 4) is 0 Å². The second-order valence-corrected chi connectivity index (χ2v) is 3.76. The highest BCUT2D eigenvalue weighted by Crippen LogP contribution is 2.41. The van der Waals surface area contributed by atoms with Crippen LogP contribution in [0.1, 0.15) is 30.1 Å². The minimum atomic E-state index is -4.55. The molecule has 0 unspecified atom stereocenters. The molecule has 0 spiro atoms. The Morgan fingerprint density at radius 3 is 2.62 bits per heavy atom. The van der Waals surface area contributed by atoms with Crippen molar-refractivity contribution in [2.24, 2.45) is 0 Å². The van der Waals surface area contributed by atoms with Crippen LogP contribution in [0.4, 0.5) is 13.2 Å². The van der Waals surface area contributed by atoms with E-state index in [4.69, 9.17) is 5.11 Å². The van der Waals surface area contributed by atoms with Crippen LogP contribution in [0.15, 0.2) is 6.20 Å². The molecule has 1 fully saturated rings. The fraction of sp³-hybridized carbons (Fsp3) is 0.556. The molecule has 1 heterocycles. The van der Waals surface area contributed by atoms with E-state index in [1.807, 2.05) is 0 Å². The maximum absolute atomic E-state index is 12.7. The molecule has 0 atom stereocenters. The highest BCUT2D eigenvalue weighted by molar-refractivity contribution is 5.70. The van der Waals surface area contributed by atoms with E-state index in [1.54, 1.807) is 0 Å². The van der Waals surface area contributed by atoms with Crippen molar-refractivity contribution in [3.63, 3.8) is 0 Å². The molecule has 0 amide bonds. The third kappa shape index (κ3) is 2.02. The number of aromatic nitrogens is 2. The van der Waals surface area contributed by atoms with E-state index in [9.17, 15) is 18.0 Å². The molecule has 1 aliphatic carbocycles. The van der Waals surface area contributed by atoms with Gasteiger partial charge in [-0.3, -0.25) is 9.48 Å². The molecule has 0 saturated heterocycles. The predicted molar refractivity (Wildman–Crippen MR) is 46.8 cm³/mol. The Labute approximate surface area is 88.7 Å². The molecule has 1 saturated carbocycles. The van der Waals surface area contributed by atoms with Gasteiger partial charge in [-0.2, -0.15) is 18.3 Å². The predicted octanol–water partition coefficient (Wildman–Crippen LogP) is 1.86. The maximum atomic E-state index is 12.7. The quantitative estimate of drug-likeness (QED) is 0.868. The number of carboxylic acids is 1. The lowest BCUT2D eigenvalue weighted by atomic mass is 10.2. The molecule has 16 heavy (non-hydrogen) atoms. The lowest BCUT2D eigenvalue weighted by molar-refractivity contribution is -0.145. The van der Waals surface area contributed by atoms with E-state index >= 15 is 0 Å². The second-order valence-electron chi connectivity index (χ2n) is 3.76. The molecular formula is C9H9F3N2O2. The third-order valence-electron chi connectivity index (χ3n) is 2.37. The molecule has 0 radical (unpaired) electrons. The molecule has 4 nitrogen and oxygen atoms in total. The van der Waals surface area contributed by atoms with E-state index in [0.717, 1.165) is 10.9 Å². The van der Waals surface area contributed by atoms with Gasteiger partial charge in [0.1, 0.15) is 5.69 Å². The molecule has 0 aromatic carbocycles. The molecular weight excluding hydrogens is 225 g/mol. The Balaban J connectivity index is 2.41. The first-order valence-corrected chi connectivity index (χ1v) is 4.75. The molecule has 0 aliphatic heterocycles. The summed E-state index contributed by atoms with van der Waals surface area (Å²) in [4.78, 5) is 10.4. The Kier molecular flexibility index (Phi) is 2.40. The number of carbonyl (C=O) groups is 1.